The number of aliphatic hydroxyl groups is 1. The SMILES string of the molecule is COc1cc(CN2CCN(CC3CCCCC3)[C@H](CCO)C2)c(Cl)cc1O. The van der Waals surface area contributed by atoms with Crippen LogP contribution in [0.15, 0.2) is 12.1 Å². The Morgan fingerprint density at radius 2 is 1.96 bits per heavy atom. The van der Waals surface area contributed by atoms with Crippen molar-refractivity contribution in [2.45, 2.75) is 51.1 Å². The average Bonchev–Trinajstić information content (AvgIpc) is 2.67. The Bertz CT molecular complexity index is 607. The smallest absolute Gasteiger partial charge is 0.160 e. The summed E-state index contributed by atoms with van der Waals surface area (Å²) in [6.45, 7) is 5.10. The van der Waals surface area contributed by atoms with Gasteiger partial charge in [0.15, 0.2) is 11.5 Å². The van der Waals surface area contributed by atoms with Gasteiger partial charge in [0.25, 0.3) is 0 Å². The molecule has 1 saturated heterocycles. The molecule has 0 bridgehead atoms. The van der Waals surface area contributed by atoms with Crippen molar-refractivity contribution in [2.24, 2.45) is 5.92 Å². The molecule has 27 heavy (non-hydrogen) atoms. The molecule has 0 spiro atoms. The molecular formula is C21H33ClN2O3. The van der Waals surface area contributed by atoms with Gasteiger partial charge in [0.2, 0.25) is 0 Å². The molecule has 1 aliphatic carbocycles. The molecule has 1 heterocycles. The number of ether oxygens (including phenoxy) is 1. The summed E-state index contributed by atoms with van der Waals surface area (Å²) in [5.74, 6) is 1.35. The van der Waals surface area contributed by atoms with Gasteiger partial charge >= 0.3 is 0 Å². The van der Waals surface area contributed by atoms with Gasteiger partial charge in [0, 0.05) is 56.5 Å². The lowest BCUT2D eigenvalue weighted by Crippen LogP contribution is -2.54. The molecule has 2 aliphatic rings. The third-order valence-electron chi connectivity index (χ3n) is 6.11. The minimum Gasteiger partial charge on any atom is -0.504 e. The molecule has 0 radical (unpaired) electrons. The highest BCUT2D eigenvalue weighted by atomic mass is 35.5. The summed E-state index contributed by atoms with van der Waals surface area (Å²) in [4.78, 5) is 5.00. The lowest BCUT2D eigenvalue weighted by Gasteiger charge is -2.43. The summed E-state index contributed by atoms with van der Waals surface area (Å²) < 4.78 is 5.22. The van der Waals surface area contributed by atoms with E-state index in [4.69, 9.17) is 16.3 Å². The Labute approximate surface area is 167 Å². The largest absolute Gasteiger partial charge is 0.504 e. The Hall–Kier alpha value is -1.01. The van der Waals surface area contributed by atoms with Crippen molar-refractivity contribution in [1.82, 2.24) is 9.80 Å². The number of hydrogen-bond acceptors (Lipinski definition) is 5. The van der Waals surface area contributed by atoms with Crippen molar-refractivity contribution in [3.05, 3.63) is 22.7 Å². The quantitative estimate of drug-likeness (QED) is 0.738. The van der Waals surface area contributed by atoms with Gasteiger partial charge in [-0.2, -0.15) is 0 Å². The average molecular weight is 397 g/mol. The number of benzene rings is 1. The number of phenols is 1. The van der Waals surface area contributed by atoms with Crippen LogP contribution in [0, 0.1) is 5.92 Å². The standard InChI is InChI=1S/C21H33ClN2O3/c1-27-21-11-17(19(22)12-20(21)26)14-23-8-9-24(18(15-23)7-10-25)13-16-5-3-2-4-6-16/h11-12,16,18,25-26H,2-10,13-15H2,1H3/t18-/m1/s1. The lowest BCUT2D eigenvalue weighted by atomic mass is 9.88. The minimum atomic E-state index is 0.0710. The van der Waals surface area contributed by atoms with E-state index < -0.39 is 0 Å². The monoisotopic (exact) mass is 396 g/mol. The zero-order valence-corrected chi connectivity index (χ0v) is 17.1. The van der Waals surface area contributed by atoms with E-state index in [1.165, 1.54) is 38.6 Å². The summed E-state index contributed by atoms with van der Waals surface area (Å²) in [5, 5.41) is 20.0. The second kappa shape index (κ2) is 9.97. The van der Waals surface area contributed by atoms with Gasteiger partial charge in [0.05, 0.1) is 7.11 Å². The van der Waals surface area contributed by atoms with Gasteiger partial charge in [0.1, 0.15) is 0 Å². The van der Waals surface area contributed by atoms with E-state index in [2.05, 4.69) is 9.80 Å². The maximum absolute atomic E-state index is 9.87. The third-order valence-corrected chi connectivity index (χ3v) is 6.46. The molecular weight excluding hydrogens is 364 g/mol. The fraction of sp³-hybridized carbons (Fsp3) is 0.714. The van der Waals surface area contributed by atoms with Crippen molar-refractivity contribution in [2.75, 3.05) is 39.9 Å². The number of aliphatic hydroxyl groups excluding tert-OH is 1. The molecule has 2 N–H and O–H groups in total. The number of hydrogen-bond donors (Lipinski definition) is 2. The van der Waals surface area contributed by atoms with Crippen LogP contribution in [0.2, 0.25) is 5.02 Å². The summed E-state index contributed by atoms with van der Waals surface area (Å²) in [5.41, 5.74) is 0.967. The molecule has 1 aliphatic heterocycles. The molecule has 152 valence electrons. The lowest BCUT2D eigenvalue weighted by molar-refractivity contribution is 0.0400. The molecule has 0 amide bonds. The van der Waals surface area contributed by atoms with Crippen molar-refractivity contribution >= 4 is 11.6 Å². The normalized spacial score (nSPS) is 22.9. The Balaban J connectivity index is 1.62. The van der Waals surface area contributed by atoms with Gasteiger partial charge in [-0.25, -0.2) is 0 Å². The van der Waals surface area contributed by atoms with Crippen LogP contribution < -0.4 is 4.74 Å². The zero-order chi connectivity index (χ0) is 19.2. The Kier molecular flexibility index (Phi) is 7.65. The molecule has 1 saturated carbocycles. The van der Waals surface area contributed by atoms with Gasteiger partial charge in [-0.05, 0) is 36.8 Å². The molecule has 1 aromatic rings. The van der Waals surface area contributed by atoms with Gasteiger partial charge in [-0.3, -0.25) is 9.80 Å². The molecule has 5 nitrogen and oxygen atoms in total. The molecule has 0 aromatic heterocycles. The number of methoxy groups -OCH3 is 1. The van der Waals surface area contributed by atoms with E-state index in [-0.39, 0.29) is 12.4 Å². The van der Waals surface area contributed by atoms with Crippen molar-refractivity contribution in [3.8, 4) is 11.5 Å². The number of aromatic hydroxyl groups is 1. The van der Waals surface area contributed by atoms with E-state index in [0.717, 1.165) is 44.1 Å². The molecule has 1 atom stereocenters. The van der Waals surface area contributed by atoms with Crippen LogP contribution in [0.4, 0.5) is 0 Å². The zero-order valence-electron chi connectivity index (χ0n) is 16.4. The summed E-state index contributed by atoms with van der Waals surface area (Å²) >= 11 is 6.34. The molecule has 0 unspecified atom stereocenters. The van der Waals surface area contributed by atoms with E-state index in [1.54, 1.807) is 13.2 Å². The van der Waals surface area contributed by atoms with E-state index >= 15 is 0 Å². The van der Waals surface area contributed by atoms with Crippen molar-refractivity contribution in [3.63, 3.8) is 0 Å². The van der Waals surface area contributed by atoms with Gasteiger partial charge in [-0.15, -0.1) is 0 Å². The van der Waals surface area contributed by atoms with Crippen LogP contribution in [0.5, 0.6) is 11.5 Å². The summed E-state index contributed by atoms with van der Waals surface area (Å²) in [6.07, 6.45) is 7.66. The number of halogens is 1. The van der Waals surface area contributed by atoms with E-state index in [0.29, 0.717) is 16.8 Å². The van der Waals surface area contributed by atoms with Crippen molar-refractivity contribution in [1.29, 1.82) is 0 Å². The highest BCUT2D eigenvalue weighted by molar-refractivity contribution is 6.31. The number of piperazine rings is 1. The fourth-order valence-electron chi connectivity index (χ4n) is 4.58. The maximum atomic E-state index is 9.87. The highest BCUT2D eigenvalue weighted by Gasteiger charge is 2.29. The third kappa shape index (κ3) is 5.50. The maximum Gasteiger partial charge on any atom is 0.160 e. The molecule has 2 fully saturated rings. The molecule has 6 heteroatoms. The first-order valence-corrected chi connectivity index (χ1v) is 10.6. The second-order valence-electron chi connectivity index (χ2n) is 8.02. The van der Waals surface area contributed by atoms with E-state index in [9.17, 15) is 10.2 Å². The number of rotatable bonds is 7. The van der Waals surface area contributed by atoms with Crippen molar-refractivity contribution < 1.29 is 14.9 Å². The second-order valence-corrected chi connectivity index (χ2v) is 8.42. The predicted molar refractivity (Wildman–Crippen MR) is 109 cm³/mol. The first-order chi connectivity index (χ1) is 13.1. The Morgan fingerprint density at radius 1 is 1.19 bits per heavy atom. The van der Waals surface area contributed by atoms with Gasteiger partial charge in [-0.1, -0.05) is 30.9 Å². The molecule has 1 aromatic carbocycles. The van der Waals surface area contributed by atoms with Crippen LogP contribution in [0.1, 0.15) is 44.1 Å². The summed E-state index contributed by atoms with van der Waals surface area (Å²) in [6, 6.07) is 3.77. The van der Waals surface area contributed by atoms with Crippen LogP contribution in [-0.4, -0.2) is 66.0 Å². The topological polar surface area (TPSA) is 56.2 Å². The first-order valence-electron chi connectivity index (χ1n) is 10.2. The van der Waals surface area contributed by atoms with Crippen LogP contribution >= 0.6 is 11.6 Å². The van der Waals surface area contributed by atoms with Crippen LogP contribution in [-0.2, 0) is 6.54 Å². The molecule has 3 rings (SSSR count). The summed E-state index contributed by atoms with van der Waals surface area (Å²) in [7, 11) is 1.55. The predicted octanol–water partition coefficient (Wildman–Crippen LogP) is 3.50. The van der Waals surface area contributed by atoms with E-state index in [1.807, 2.05) is 6.07 Å². The number of phenolic OH excluding ortho intramolecular Hbond substituents is 1. The first kappa shape index (κ1) is 20.7. The highest BCUT2D eigenvalue weighted by Crippen LogP contribution is 2.33. The number of nitrogens with zero attached hydrogens (tertiary/aromatic N) is 2. The van der Waals surface area contributed by atoms with Crippen LogP contribution in [0.3, 0.4) is 0 Å². The minimum absolute atomic E-state index is 0.0710. The van der Waals surface area contributed by atoms with Crippen LogP contribution in [0.25, 0.3) is 0 Å². The van der Waals surface area contributed by atoms with Gasteiger partial charge < -0.3 is 14.9 Å². The fourth-order valence-corrected chi connectivity index (χ4v) is 4.79. The Morgan fingerprint density at radius 3 is 2.67 bits per heavy atom.